The summed E-state index contributed by atoms with van der Waals surface area (Å²) in [4.78, 5) is 4.17. The number of aromatic nitrogens is 1. The molecule has 0 saturated carbocycles. The number of nitriles is 1. The number of anilines is 1. The van der Waals surface area contributed by atoms with Crippen LogP contribution in [0.4, 0.5) is 10.1 Å². The number of nitrogens with zero attached hydrogens (tertiary/aromatic N) is 2. The van der Waals surface area contributed by atoms with E-state index in [4.69, 9.17) is 5.26 Å². The van der Waals surface area contributed by atoms with Gasteiger partial charge in [0.15, 0.2) is 0 Å². The zero-order valence-electron chi connectivity index (χ0n) is 9.14. The molecule has 0 aliphatic rings. The average molecular weight is 247 g/mol. The summed E-state index contributed by atoms with van der Waals surface area (Å²) in [6, 6.07) is 6.10. The largest absolute Gasteiger partial charge is 0.376 e. The van der Waals surface area contributed by atoms with E-state index >= 15 is 0 Å². The van der Waals surface area contributed by atoms with Crippen molar-refractivity contribution in [2.45, 2.75) is 13.0 Å². The molecule has 0 aliphatic heterocycles. The summed E-state index contributed by atoms with van der Waals surface area (Å²) >= 11 is 1.53. The second kappa shape index (κ2) is 4.93. The summed E-state index contributed by atoms with van der Waals surface area (Å²) < 4.78 is 13.2. The molecular formula is C12H10FN3S. The van der Waals surface area contributed by atoms with Crippen LogP contribution in [0.3, 0.4) is 0 Å². The smallest absolute Gasteiger partial charge is 0.126 e. The highest BCUT2D eigenvalue weighted by Crippen LogP contribution is 2.22. The Kier molecular flexibility index (Phi) is 3.35. The molecule has 0 radical (unpaired) electrons. The third-order valence-electron chi connectivity index (χ3n) is 2.23. The minimum Gasteiger partial charge on any atom is -0.376 e. The quantitative estimate of drug-likeness (QED) is 0.905. The van der Waals surface area contributed by atoms with Crippen LogP contribution in [0, 0.1) is 17.1 Å². The fourth-order valence-electron chi connectivity index (χ4n) is 1.50. The molecule has 1 heterocycles. The molecule has 0 aliphatic carbocycles. The van der Waals surface area contributed by atoms with Crippen LogP contribution in [-0.2, 0) is 0 Å². The van der Waals surface area contributed by atoms with Crippen molar-refractivity contribution in [1.29, 1.82) is 5.26 Å². The van der Waals surface area contributed by atoms with Gasteiger partial charge in [0.1, 0.15) is 10.8 Å². The number of hydrogen-bond donors (Lipinski definition) is 1. The van der Waals surface area contributed by atoms with E-state index < -0.39 is 5.82 Å². The van der Waals surface area contributed by atoms with E-state index in [-0.39, 0.29) is 6.04 Å². The normalized spacial score (nSPS) is 11.8. The lowest BCUT2D eigenvalue weighted by molar-refractivity contribution is 0.627. The van der Waals surface area contributed by atoms with E-state index in [2.05, 4.69) is 10.3 Å². The summed E-state index contributed by atoms with van der Waals surface area (Å²) in [5.41, 5.74) is 0.892. The fourth-order valence-corrected chi connectivity index (χ4v) is 2.14. The molecule has 17 heavy (non-hydrogen) atoms. The van der Waals surface area contributed by atoms with Crippen molar-refractivity contribution in [3.63, 3.8) is 0 Å². The van der Waals surface area contributed by atoms with Crippen LogP contribution in [0.25, 0.3) is 0 Å². The van der Waals surface area contributed by atoms with Gasteiger partial charge in [0.25, 0.3) is 0 Å². The molecule has 86 valence electrons. The van der Waals surface area contributed by atoms with Gasteiger partial charge in [-0.3, -0.25) is 0 Å². The summed E-state index contributed by atoms with van der Waals surface area (Å²) in [6.07, 6.45) is 1.73. The maximum atomic E-state index is 13.2. The third-order valence-corrected chi connectivity index (χ3v) is 3.19. The summed E-state index contributed by atoms with van der Waals surface area (Å²) in [5, 5.41) is 14.7. The van der Waals surface area contributed by atoms with Gasteiger partial charge in [-0.25, -0.2) is 9.37 Å². The molecule has 5 heteroatoms. The molecular weight excluding hydrogens is 237 g/mol. The van der Waals surface area contributed by atoms with Crippen LogP contribution in [0.5, 0.6) is 0 Å². The van der Waals surface area contributed by atoms with Gasteiger partial charge in [-0.05, 0) is 25.1 Å². The first-order valence-electron chi connectivity index (χ1n) is 5.05. The lowest BCUT2D eigenvalue weighted by atomic mass is 10.2. The predicted molar refractivity (Wildman–Crippen MR) is 65.3 cm³/mol. The fraction of sp³-hybridized carbons (Fsp3) is 0.167. The van der Waals surface area contributed by atoms with Crippen LogP contribution in [0.1, 0.15) is 23.5 Å². The number of nitrogens with one attached hydrogen (secondary N) is 1. The van der Waals surface area contributed by atoms with Gasteiger partial charge >= 0.3 is 0 Å². The molecule has 1 atom stereocenters. The predicted octanol–water partition coefficient (Wildman–Crippen LogP) is 3.33. The average Bonchev–Trinajstić information content (AvgIpc) is 2.81. The Morgan fingerprint density at radius 1 is 1.47 bits per heavy atom. The molecule has 0 bridgehead atoms. The summed E-state index contributed by atoms with van der Waals surface area (Å²) in [7, 11) is 0. The van der Waals surface area contributed by atoms with Crippen molar-refractivity contribution in [1.82, 2.24) is 4.98 Å². The van der Waals surface area contributed by atoms with Crippen molar-refractivity contribution in [3.05, 3.63) is 46.2 Å². The van der Waals surface area contributed by atoms with Crippen molar-refractivity contribution in [2.75, 3.05) is 5.32 Å². The van der Waals surface area contributed by atoms with Crippen molar-refractivity contribution >= 4 is 17.0 Å². The Hall–Kier alpha value is -1.93. The Balaban J connectivity index is 2.19. The van der Waals surface area contributed by atoms with Crippen molar-refractivity contribution in [3.8, 4) is 6.07 Å². The van der Waals surface area contributed by atoms with E-state index in [1.165, 1.54) is 23.5 Å². The van der Waals surface area contributed by atoms with Crippen LogP contribution in [-0.4, -0.2) is 4.98 Å². The van der Waals surface area contributed by atoms with Crippen LogP contribution < -0.4 is 5.32 Å². The molecule has 0 fully saturated rings. The van der Waals surface area contributed by atoms with Gasteiger partial charge < -0.3 is 5.32 Å². The second-order valence-corrected chi connectivity index (χ2v) is 4.50. The first kappa shape index (κ1) is 11.6. The minimum atomic E-state index is -0.419. The second-order valence-electron chi connectivity index (χ2n) is 3.58. The Morgan fingerprint density at radius 2 is 2.29 bits per heavy atom. The molecule has 1 aromatic heterocycles. The summed E-state index contributed by atoms with van der Waals surface area (Å²) in [6.45, 7) is 1.94. The van der Waals surface area contributed by atoms with Crippen molar-refractivity contribution < 1.29 is 4.39 Å². The molecule has 0 saturated heterocycles. The zero-order valence-corrected chi connectivity index (χ0v) is 9.96. The lowest BCUT2D eigenvalue weighted by Crippen LogP contribution is -2.06. The molecule has 1 N–H and O–H groups in total. The van der Waals surface area contributed by atoms with Gasteiger partial charge in [-0.1, -0.05) is 0 Å². The van der Waals surface area contributed by atoms with Crippen LogP contribution >= 0.6 is 11.3 Å². The first-order chi connectivity index (χ1) is 8.19. The van der Waals surface area contributed by atoms with E-state index in [0.29, 0.717) is 11.3 Å². The molecule has 2 rings (SSSR count). The lowest BCUT2D eigenvalue weighted by Gasteiger charge is -2.12. The SMILES string of the molecule is CC(Nc1cc(F)cc(C#N)c1)c1nccs1. The molecule has 1 unspecified atom stereocenters. The number of hydrogen-bond acceptors (Lipinski definition) is 4. The van der Waals surface area contributed by atoms with E-state index in [1.807, 2.05) is 18.4 Å². The molecule has 3 nitrogen and oxygen atoms in total. The van der Waals surface area contributed by atoms with Gasteiger partial charge in [0.2, 0.25) is 0 Å². The Morgan fingerprint density at radius 3 is 2.94 bits per heavy atom. The standard InChI is InChI=1S/C12H10FN3S/c1-8(12-15-2-3-17-12)16-11-5-9(7-14)4-10(13)6-11/h2-6,8,16H,1H3. The van der Waals surface area contributed by atoms with Gasteiger partial charge in [-0.15, -0.1) is 11.3 Å². The molecule has 0 amide bonds. The van der Waals surface area contributed by atoms with Crippen molar-refractivity contribution in [2.24, 2.45) is 0 Å². The molecule has 0 spiro atoms. The first-order valence-corrected chi connectivity index (χ1v) is 5.93. The van der Waals surface area contributed by atoms with Crippen LogP contribution in [0.2, 0.25) is 0 Å². The third kappa shape index (κ3) is 2.80. The highest BCUT2D eigenvalue weighted by Gasteiger charge is 2.09. The van der Waals surface area contributed by atoms with E-state index in [9.17, 15) is 4.39 Å². The van der Waals surface area contributed by atoms with E-state index in [1.54, 1.807) is 12.3 Å². The summed E-state index contributed by atoms with van der Waals surface area (Å²) in [5.74, 6) is -0.419. The number of halogens is 1. The highest BCUT2D eigenvalue weighted by molar-refractivity contribution is 7.09. The minimum absolute atomic E-state index is 0.0108. The van der Waals surface area contributed by atoms with Crippen LogP contribution in [0.15, 0.2) is 29.8 Å². The number of rotatable bonds is 3. The highest BCUT2D eigenvalue weighted by atomic mass is 32.1. The Bertz CT molecular complexity index is 545. The van der Waals surface area contributed by atoms with Gasteiger partial charge in [0, 0.05) is 17.3 Å². The van der Waals surface area contributed by atoms with E-state index in [0.717, 1.165) is 5.01 Å². The topological polar surface area (TPSA) is 48.7 Å². The molecule has 2 aromatic rings. The van der Waals surface area contributed by atoms with Gasteiger partial charge in [0.05, 0.1) is 17.7 Å². The maximum absolute atomic E-state index is 13.2. The Labute approximate surface area is 103 Å². The number of thiazole rings is 1. The van der Waals surface area contributed by atoms with Gasteiger partial charge in [-0.2, -0.15) is 5.26 Å². The molecule has 1 aromatic carbocycles. The monoisotopic (exact) mass is 247 g/mol. The maximum Gasteiger partial charge on any atom is 0.126 e. The zero-order chi connectivity index (χ0) is 12.3. The number of benzene rings is 1.